The van der Waals surface area contributed by atoms with E-state index in [1.165, 1.54) is 24.3 Å². The van der Waals surface area contributed by atoms with Gasteiger partial charge in [-0.15, -0.1) is 0 Å². The fraction of sp³-hybridized carbons (Fsp3) is 0.381. The lowest BCUT2D eigenvalue weighted by atomic mass is 10.2. The first-order valence-corrected chi connectivity index (χ1v) is 11.3. The number of hydrogen-bond donors (Lipinski definition) is 2. The number of sulfonamides is 1. The number of carbonyl (C=O) groups is 1. The highest BCUT2D eigenvalue weighted by molar-refractivity contribution is 7.89. The Bertz CT molecular complexity index is 964. The Labute approximate surface area is 175 Å². The molecule has 0 atom stereocenters. The van der Waals surface area contributed by atoms with E-state index in [2.05, 4.69) is 10.0 Å². The van der Waals surface area contributed by atoms with Crippen LogP contribution in [0.3, 0.4) is 0 Å². The molecule has 0 radical (unpaired) electrons. The Hall–Kier alpha value is -2.65. The summed E-state index contributed by atoms with van der Waals surface area (Å²) in [5, 5.41) is 2.78. The Morgan fingerprint density at radius 3 is 2.47 bits per heavy atom. The quantitative estimate of drug-likeness (QED) is 0.559. The number of amides is 1. The van der Waals surface area contributed by atoms with Crippen LogP contribution in [0.2, 0.25) is 0 Å². The summed E-state index contributed by atoms with van der Waals surface area (Å²) < 4.78 is 51.0. The lowest BCUT2D eigenvalue weighted by molar-refractivity contribution is -0.121. The van der Waals surface area contributed by atoms with Gasteiger partial charge in [0.15, 0.2) is 11.5 Å². The van der Waals surface area contributed by atoms with E-state index in [1.807, 2.05) is 0 Å². The summed E-state index contributed by atoms with van der Waals surface area (Å²) in [4.78, 5) is 12.0. The molecule has 1 amide bonds. The molecular weight excluding hydrogens is 411 g/mol. The van der Waals surface area contributed by atoms with Crippen molar-refractivity contribution in [1.82, 2.24) is 10.0 Å². The molecule has 3 rings (SSSR count). The maximum absolute atomic E-state index is 12.9. The third-order valence-electron chi connectivity index (χ3n) is 4.60. The Morgan fingerprint density at radius 2 is 1.70 bits per heavy atom. The molecule has 0 unspecified atom stereocenters. The van der Waals surface area contributed by atoms with Gasteiger partial charge in [0.25, 0.3) is 0 Å². The van der Waals surface area contributed by atoms with E-state index in [1.54, 1.807) is 18.2 Å². The minimum atomic E-state index is -3.63. The van der Waals surface area contributed by atoms with Gasteiger partial charge in [-0.1, -0.05) is 18.6 Å². The number of ether oxygens (including phenoxy) is 2. The number of nitrogens with one attached hydrogen (secondary N) is 2. The molecule has 7 nitrogen and oxygen atoms in total. The van der Waals surface area contributed by atoms with Crippen molar-refractivity contribution >= 4 is 15.9 Å². The van der Waals surface area contributed by atoms with Crippen LogP contribution in [0.1, 0.15) is 31.2 Å². The highest BCUT2D eigenvalue weighted by Crippen LogP contribution is 2.32. The smallest absolute Gasteiger partial charge is 0.240 e. The fourth-order valence-electron chi connectivity index (χ4n) is 2.96. The molecule has 0 bridgehead atoms. The zero-order valence-corrected chi connectivity index (χ0v) is 17.3. The van der Waals surface area contributed by atoms with Gasteiger partial charge in [-0.25, -0.2) is 17.5 Å². The van der Waals surface area contributed by atoms with Gasteiger partial charge in [-0.2, -0.15) is 0 Å². The summed E-state index contributed by atoms with van der Waals surface area (Å²) in [5.41, 5.74) is 0.832. The van der Waals surface area contributed by atoms with Gasteiger partial charge >= 0.3 is 0 Å². The maximum atomic E-state index is 12.9. The van der Waals surface area contributed by atoms with Crippen LogP contribution in [-0.2, 0) is 21.4 Å². The molecule has 0 saturated carbocycles. The van der Waals surface area contributed by atoms with E-state index in [-0.39, 0.29) is 23.2 Å². The number of unbranched alkanes of at least 4 members (excludes halogenated alkanes) is 2. The van der Waals surface area contributed by atoms with E-state index in [4.69, 9.17) is 9.47 Å². The van der Waals surface area contributed by atoms with Crippen molar-refractivity contribution in [2.45, 2.75) is 37.1 Å². The monoisotopic (exact) mass is 436 g/mol. The van der Waals surface area contributed by atoms with E-state index < -0.39 is 10.0 Å². The van der Waals surface area contributed by atoms with E-state index in [0.717, 1.165) is 5.56 Å². The van der Waals surface area contributed by atoms with Gasteiger partial charge in [0, 0.05) is 25.6 Å². The zero-order valence-electron chi connectivity index (χ0n) is 16.5. The summed E-state index contributed by atoms with van der Waals surface area (Å²) in [6.45, 7) is 1.48. The van der Waals surface area contributed by atoms with Crippen LogP contribution in [0.4, 0.5) is 4.39 Å². The second-order valence-electron chi connectivity index (χ2n) is 6.92. The molecule has 162 valence electrons. The Balaban J connectivity index is 1.32. The molecule has 0 fully saturated rings. The van der Waals surface area contributed by atoms with Crippen LogP contribution < -0.4 is 19.5 Å². The molecule has 2 N–H and O–H groups in total. The summed E-state index contributed by atoms with van der Waals surface area (Å²) >= 11 is 0. The summed E-state index contributed by atoms with van der Waals surface area (Å²) in [7, 11) is -3.63. The highest BCUT2D eigenvalue weighted by atomic mass is 32.2. The van der Waals surface area contributed by atoms with Crippen molar-refractivity contribution in [2.75, 3.05) is 19.8 Å². The predicted octanol–water partition coefficient (Wildman–Crippen LogP) is 2.75. The summed E-state index contributed by atoms with van der Waals surface area (Å²) in [6, 6.07) is 10.5. The second-order valence-corrected chi connectivity index (χ2v) is 8.68. The molecule has 2 aromatic rings. The van der Waals surface area contributed by atoms with E-state index in [9.17, 15) is 17.6 Å². The van der Waals surface area contributed by atoms with Crippen LogP contribution in [0, 0.1) is 5.82 Å². The van der Waals surface area contributed by atoms with Gasteiger partial charge in [-0.05, 0) is 42.7 Å². The minimum Gasteiger partial charge on any atom is -0.486 e. The van der Waals surface area contributed by atoms with Crippen LogP contribution in [0.5, 0.6) is 11.5 Å². The highest BCUT2D eigenvalue weighted by Gasteiger charge is 2.18. The lowest BCUT2D eigenvalue weighted by Crippen LogP contribution is -2.25. The number of carbonyl (C=O) groups excluding carboxylic acids is 1. The van der Waals surface area contributed by atoms with E-state index in [0.29, 0.717) is 56.9 Å². The summed E-state index contributed by atoms with van der Waals surface area (Å²) in [5.74, 6) is 0.569. The number of benzene rings is 2. The molecule has 0 aliphatic carbocycles. The third-order valence-corrected chi connectivity index (χ3v) is 6.06. The second kappa shape index (κ2) is 10.4. The molecule has 30 heavy (non-hydrogen) atoms. The van der Waals surface area contributed by atoms with Crippen LogP contribution in [-0.4, -0.2) is 34.1 Å². The first-order chi connectivity index (χ1) is 14.4. The predicted molar refractivity (Wildman–Crippen MR) is 109 cm³/mol. The average Bonchev–Trinajstić information content (AvgIpc) is 2.75. The average molecular weight is 437 g/mol. The molecule has 1 aliphatic heterocycles. The molecule has 9 heteroatoms. The van der Waals surface area contributed by atoms with Crippen molar-refractivity contribution < 1.29 is 27.1 Å². The van der Waals surface area contributed by atoms with Gasteiger partial charge in [0.05, 0.1) is 4.90 Å². The van der Waals surface area contributed by atoms with Crippen LogP contribution in [0.15, 0.2) is 47.4 Å². The lowest BCUT2D eigenvalue weighted by Gasteiger charge is -2.18. The number of halogens is 1. The number of rotatable bonds is 10. The van der Waals surface area contributed by atoms with Crippen molar-refractivity contribution in [3.8, 4) is 11.5 Å². The summed E-state index contributed by atoms with van der Waals surface area (Å²) in [6.07, 6.45) is 2.35. The first-order valence-electron chi connectivity index (χ1n) is 9.84. The standard InChI is InChI=1S/C21H25FN2O5S/c22-17-7-5-16(6-8-17)15-23-21(25)4-2-1-3-11-24-30(26,27)18-9-10-19-20(14-18)29-13-12-28-19/h5-10,14,24H,1-4,11-13,15H2,(H,23,25). The topological polar surface area (TPSA) is 93.7 Å². The SMILES string of the molecule is O=C(CCCCCNS(=O)(=O)c1ccc2c(c1)OCCO2)NCc1ccc(F)cc1. The van der Waals surface area contributed by atoms with Crippen LogP contribution >= 0.6 is 0 Å². The molecule has 1 aliphatic rings. The molecule has 0 spiro atoms. The third kappa shape index (κ3) is 6.43. The molecular formula is C21H25FN2O5S. The minimum absolute atomic E-state index is 0.0869. The largest absolute Gasteiger partial charge is 0.486 e. The normalized spacial score (nSPS) is 13.1. The van der Waals surface area contributed by atoms with Gasteiger partial charge in [0.2, 0.25) is 15.9 Å². The number of fused-ring (bicyclic) bond motifs is 1. The van der Waals surface area contributed by atoms with Gasteiger partial charge < -0.3 is 14.8 Å². The van der Waals surface area contributed by atoms with Crippen LogP contribution in [0.25, 0.3) is 0 Å². The molecule has 0 saturated heterocycles. The maximum Gasteiger partial charge on any atom is 0.240 e. The van der Waals surface area contributed by atoms with Crippen molar-refractivity contribution in [3.05, 3.63) is 53.8 Å². The zero-order chi connectivity index (χ0) is 21.4. The van der Waals surface area contributed by atoms with Gasteiger partial charge in [-0.3, -0.25) is 4.79 Å². The fourth-order valence-corrected chi connectivity index (χ4v) is 4.05. The van der Waals surface area contributed by atoms with Gasteiger partial charge in [0.1, 0.15) is 19.0 Å². The first kappa shape index (κ1) is 22.0. The Morgan fingerprint density at radius 1 is 0.967 bits per heavy atom. The van der Waals surface area contributed by atoms with Crippen molar-refractivity contribution in [2.24, 2.45) is 0 Å². The van der Waals surface area contributed by atoms with Crippen molar-refractivity contribution in [1.29, 1.82) is 0 Å². The molecule has 0 aromatic heterocycles. The number of hydrogen-bond acceptors (Lipinski definition) is 5. The van der Waals surface area contributed by atoms with E-state index >= 15 is 0 Å². The molecule has 1 heterocycles. The van der Waals surface area contributed by atoms with Crippen molar-refractivity contribution in [3.63, 3.8) is 0 Å². The Kier molecular flexibility index (Phi) is 7.64. The molecule has 2 aromatic carbocycles.